The van der Waals surface area contributed by atoms with Crippen molar-refractivity contribution in [2.75, 3.05) is 7.11 Å². The van der Waals surface area contributed by atoms with Crippen LogP contribution >= 0.6 is 22.7 Å². The van der Waals surface area contributed by atoms with E-state index in [0.717, 1.165) is 15.5 Å². The normalized spacial score (nSPS) is 11.8. The molecule has 0 aliphatic carbocycles. The quantitative estimate of drug-likeness (QED) is 0.556. The van der Waals surface area contributed by atoms with Crippen LogP contribution in [0.5, 0.6) is 11.5 Å². The minimum absolute atomic E-state index is 0.0254. The van der Waals surface area contributed by atoms with Crippen LogP contribution in [0.25, 0.3) is 0 Å². The molecule has 0 saturated heterocycles. The molecule has 2 heterocycles. The Labute approximate surface area is 161 Å². The first-order valence-corrected chi connectivity index (χ1v) is 10.1. The van der Waals surface area contributed by atoms with Gasteiger partial charge in [0.15, 0.2) is 6.10 Å². The Morgan fingerprint density at radius 2 is 1.50 bits per heavy atom. The van der Waals surface area contributed by atoms with Gasteiger partial charge < -0.3 is 14.4 Å². The predicted molar refractivity (Wildman–Crippen MR) is 106 cm³/mol. The molecule has 1 atom stereocenters. The molecule has 3 rings (SSSR count). The molecule has 0 bridgehead atoms. The van der Waals surface area contributed by atoms with E-state index >= 15 is 0 Å². The van der Waals surface area contributed by atoms with Gasteiger partial charge in [-0.2, -0.15) is 0 Å². The molecule has 0 aliphatic rings. The Kier molecular flexibility index (Phi) is 6.30. The van der Waals surface area contributed by atoms with E-state index in [1.165, 1.54) is 0 Å². The number of rotatable bonds is 8. The third kappa shape index (κ3) is 4.86. The maximum atomic E-state index is 13.0. The summed E-state index contributed by atoms with van der Waals surface area (Å²) in [5, 5.41) is 4.06. The summed E-state index contributed by atoms with van der Waals surface area (Å²) < 4.78 is 11.0. The first-order chi connectivity index (χ1) is 12.7. The van der Waals surface area contributed by atoms with Gasteiger partial charge in [-0.25, -0.2) is 0 Å². The SMILES string of the molecule is COc1ccc(OC(C)C(=O)N(Cc2cccs2)Cc2cccs2)cc1. The van der Waals surface area contributed by atoms with E-state index in [9.17, 15) is 4.79 Å². The molecule has 3 aromatic rings. The van der Waals surface area contributed by atoms with Gasteiger partial charge in [0, 0.05) is 9.75 Å². The van der Waals surface area contributed by atoms with Gasteiger partial charge in [0.25, 0.3) is 5.91 Å². The maximum Gasteiger partial charge on any atom is 0.264 e. The van der Waals surface area contributed by atoms with E-state index < -0.39 is 6.10 Å². The summed E-state index contributed by atoms with van der Waals surface area (Å²) in [6.07, 6.45) is -0.566. The first-order valence-electron chi connectivity index (χ1n) is 8.30. The van der Waals surface area contributed by atoms with Crippen LogP contribution in [0.3, 0.4) is 0 Å². The fraction of sp³-hybridized carbons (Fsp3) is 0.250. The summed E-state index contributed by atoms with van der Waals surface area (Å²) in [6, 6.07) is 15.4. The number of thiophene rings is 2. The van der Waals surface area contributed by atoms with Crippen molar-refractivity contribution in [1.82, 2.24) is 4.90 Å². The lowest BCUT2D eigenvalue weighted by molar-refractivity contribution is -0.139. The summed E-state index contributed by atoms with van der Waals surface area (Å²) in [6.45, 7) is 2.97. The second kappa shape index (κ2) is 8.87. The zero-order valence-corrected chi connectivity index (χ0v) is 16.4. The fourth-order valence-electron chi connectivity index (χ4n) is 2.56. The first kappa shape index (κ1) is 18.5. The highest BCUT2D eigenvalue weighted by Crippen LogP contribution is 2.21. The van der Waals surface area contributed by atoms with Crippen molar-refractivity contribution >= 4 is 28.6 Å². The third-order valence-corrected chi connectivity index (χ3v) is 5.61. The third-order valence-electron chi connectivity index (χ3n) is 3.89. The van der Waals surface area contributed by atoms with Crippen LogP contribution in [0.4, 0.5) is 0 Å². The zero-order valence-electron chi connectivity index (χ0n) is 14.8. The van der Waals surface area contributed by atoms with Crippen LogP contribution in [0.15, 0.2) is 59.3 Å². The lowest BCUT2D eigenvalue weighted by atomic mass is 10.2. The summed E-state index contributed by atoms with van der Waals surface area (Å²) >= 11 is 3.31. The van der Waals surface area contributed by atoms with Gasteiger partial charge in [0.2, 0.25) is 0 Å². The number of carbonyl (C=O) groups is 1. The van der Waals surface area contributed by atoms with Gasteiger partial charge in [-0.3, -0.25) is 4.79 Å². The van der Waals surface area contributed by atoms with Gasteiger partial charge in [0.1, 0.15) is 11.5 Å². The Bertz CT molecular complexity index is 762. The number of nitrogens with zero attached hydrogens (tertiary/aromatic N) is 1. The van der Waals surface area contributed by atoms with Crippen LogP contribution < -0.4 is 9.47 Å². The number of hydrogen-bond acceptors (Lipinski definition) is 5. The Balaban J connectivity index is 1.69. The van der Waals surface area contributed by atoms with Gasteiger partial charge in [-0.05, 0) is 54.1 Å². The van der Waals surface area contributed by atoms with E-state index in [1.807, 2.05) is 64.2 Å². The molecule has 0 fully saturated rings. The minimum Gasteiger partial charge on any atom is -0.497 e. The molecule has 1 aromatic carbocycles. The van der Waals surface area contributed by atoms with E-state index in [4.69, 9.17) is 9.47 Å². The van der Waals surface area contributed by atoms with E-state index in [1.54, 1.807) is 36.7 Å². The van der Waals surface area contributed by atoms with Crippen LogP contribution in [-0.2, 0) is 17.9 Å². The maximum absolute atomic E-state index is 13.0. The van der Waals surface area contributed by atoms with E-state index in [0.29, 0.717) is 18.8 Å². The topological polar surface area (TPSA) is 38.8 Å². The van der Waals surface area contributed by atoms with Crippen molar-refractivity contribution in [2.24, 2.45) is 0 Å². The number of ether oxygens (including phenoxy) is 2. The number of benzene rings is 1. The van der Waals surface area contributed by atoms with Gasteiger partial charge in [-0.15, -0.1) is 22.7 Å². The van der Waals surface area contributed by atoms with Crippen LogP contribution in [0.2, 0.25) is 0 Å². The lowest BCUT2D eigenvalue weighted by Gasteiger charge is -2.25. The second-order valence-electron chi connectivity index (χ2n) is 5.79. The molecule has 1 unspecified atom stereocenters. The second-order valence-corrected chi connectivity index (χ2v) is 7.85. The molecular formula is C20H21NO3S2. The molecule has 0 N–H and O–H groups in total. The Hall–Kier alpha value is -2.31. The Morgan fingerprint density at radius 1 is 0.962 bits per heavy atom. The molecule has 2 aromatic heterocycles. The standard InChI is InChI=1S/C20H21NO3S2/c1-15(24-17-9-7-16(23-2)8-10-17)20(22)21(13-18-5-3-11-25-18)14-19-6-4-12-26-19/h3-12,15H,13-14H2,1-2H3. The van der Waals surface area contributed by atoms with Gasteiger partial charge in [0.05, 0.1) is 20.2 Å². The predicted octanol–water partition coefficient (Wildman–Crippen LogP) is 4.81. The highest BCUT2D eigenvalue weighted by atomic mass is 32.1. The van der Waals surface area contributed by atoms with E-state index in [-0.39, 0.29) is 5.91 Å². The molecule has 0 radical (unpaired) electrons. The summed E-state index contributed by atoms with van der Waals surface area (Å²) in [7, 11) is 1.62. The summed E-state index contributed by atoms with van der Waals surface area (Å²) in [5.41, 5.74) is 0. The van der Waals surface area contributed by atoms with Gasteiger partial charge >= 0.3 is 0 Å². The number of amides is 1. The van der Waals surface area contributed by atoms with Crippen LogP contribution in [-0.4, -0.2) is 24.0 Å². The summed E-state index contributed by atoms with van der Waals surface area (Å²) in [5.74, 6) is 1.38. The fourth-order valence-corrected chi connectivity index (χ4v) is 4.00. The van der Waals surface area contributed by atoms with Crippen molar-refractivity contribution < 1.29 is 14.3 Å². The molecule has 0 aliphatic heterocycles. The number of hydrogen-bond donors (Lipinski definition) is 0. The average molecular weight is 388 g/mol. The smallest absolute Gasteiger partial charge is 0.264 e. The molecule has 0 spiro atoms. The van der Waals surface area contributed by atoms with E-state index in [2.05, 4.69) is 0 Å². The van der Waals surface area contributed by atoms with Crippen LogP contribution in [0, 0.1) is 0 Å². The van der Waals surface area contributed by atoms with Crippen molar-refractivity contribution in [3.63, 3.8) is 0 Å². The highest BCUT2D eigenvalue weighted by Gasteiger charge is 2.23. The number of carbonyl (C=O) groups excluding carboxylic acids is 1. The van der Waals surface area contributed by atoms with Crippen molar-refractivity contribution in [3.05, 3.63) is 69.0 Å². The van der Waals surface area contributed by atoms with Crippen molar-refractivity contribution in [3.8, 4) is 11.5 Å². The largest absolute Gasteiger partial charge is 0.497 e. The lowest BCUT2D eigenvalue weighted by Crippen LogP contribution is -2.39. The van der Waals surface area contributed by atoms with Crippen LogP contribution in [0.1, 0.15) is 16.7 Å². The average Bonchev–Trinajstić information content (AvgIpc) is 3.35. The monoisotopic (exact) mass is 387 g/mol. The van der Waals surface area contributed by atoms with Gasteiger partial charge in [-0.1, -0.05) is 12.1 Å². The summed E-state index contributed by atoms with van der Waals surface area (Å²) in [4.78, 5) is 17.2. The Morgan fingerprint density at radius 3 is 1.96 bits per heavy atom. The molecule has 4 nitrogen and oxygen atoms in total. The van der Waals surface area contributed by atoms with Crippen molar-refractivity contribution in [1.29, 1.82) is 0 Å². The highest BCUT2D eigenvalue weighted by molar-refractivity contribution is 7.10. The minimum atomic E-state index is -0.566. The molecule has 26 heavy (non-hydrogen) atoms. The number of methoxy groups -OCH3 is 1. The van der Waals surface area contributed by atoms with Crippen molar-refractivity contribution in [2.45, 2.75) is 26.1 Å². The molecule has 136 valence electrons. The molecule has 1 amide bonds. The zero-order chi connectivity index (χ0) is 18.4. The molecule has 0 saturated carbocycles. The molecular weight excluding hydrogens is 366 g/mol. The molecule has 6 heteroatoms.